The first-order valence-electron chi connectivity index (χ1n) is 9.02. The highest BCUT2D eigenvalue weighted by Gasteiger charge is 2.18. The second-order valence-electron chi connectivity index (χ2n) is 6.48. The maximum Gasteiger partial charge on any atom is 0.265 e. The van der Waals surface area contributed by atoms with Crippen molar-refractivity contribution in [3.8, 4) is 11.4 Å². The van der Waals surface area contributed by atoms with Gasteiger partial charge in [0.2, 0.25) is 0 Å². The monoisotopic (exact) mass is 400 g/mol. The fourth-order valence-electron chi connectivity index (χ4n) is 3.20. The Balaban J connectivity index is 1.50. The number of carbonyl (C=O) groups excluding carboxylic acids is 1. The van der Waals surface area contributed by atoms with Crippen LogP contribution in [0.4, 0.5) is 5.69 Å². The van der Waals surface area contributed by atoms with E-state index in [9.17, 15) is 4.79 Å². The van der Waals surface area contributed by atoms with E-state index in [2.05, 4.69) is 20.7 Å². The van der Waals surface area contributed by atoms with Crippen LogP contribution >= 0.6 is 11.3 Å². The van der Waals surface area contributed by atoms with Crippen LogP contribution in [0, 0.1) is 6.92 Å². The number of amides is 1. The summed E-state index contributed by atoms with van der Waals surface area (Å²) in [5.74, 6) is -0.169. The molecule has 0 atom stereocenters. The molecule has 142 valence electrons. The first-order chi connectivity index (χ1) is 14.2. The highest BCUT2D eigenvalue weighted by atomic mass is 32.1. The van der Waals surface area contributed by atoms with Crippen molar-refractivity contribution in [3.05, 3.63) is 83.6 Å². The third-order valence-corrected chi connectivity index (χ3v) is 5.70. The number of nitrogens with zero attached hydrogens (tertiary/aromatic N) is 5. The standard InChI is InChI=1S/C21H16N6OS/c1-14-16-13-19(29-21(16)27(24-14)15-7-3-2-4-8-15)20(28)23-17-9-5-6-10-18(17)26-12-11-22-25-26/h2-13H,1H3,(H,23,28). The van der Waals surface area contributed by atoms with Gasteiger partial charge < -0.3 is 5.32 Å². The van der Waals surface area contributed by atoms with Gasteiger partial charge in [0.05, 0.1) is 40.0 Å². The number of carbonyl (C=O) groups is 1. The Bertz CT molecular complexity index is 1300. The molecule has 0 aliphatic rings. The molecule has 2 aromatic carbocycles. The van der Waals surface area contributed by atoms with Crippen LogP contribution in [0.15, 0.2) is 73.1 Å². The Hall–Kier alpha value is -3.78. The molecule has 0 aliphatic carbocycles. The molecule has 0 unspecified atom stereocenters. The number of rotatable bonds is 4. The molecule has 0 saturated carbocycles. The normalized spacial score (nSPS) is 11.1. The maximum atomic E-state index is 13.0. The van der Waals surface area contributed by atoms with Gasteiger partial charge >= 0.3 is 0 Å². The van der Waals surface area contributed by atoms with Gasteiger partial charge in [0, 0.05) is 5.39 Å². The summed E-state index contributed by atoms with van der Waals surface area (Å²) in [5, 5.41) is 16.5. The summed E-state index contributed by atoms with van der Waals surface area (Å²) in [5.41, 5.74) is 3.28. The van der Waals surface area contributed by atoms with Gasteiger partial charge in [-0.2, -0.15) is 5.10 Å². The summed E-state index contributed by atoms with van der Waals surface area (Å²) in [6.07, 6.45) is 3.34. The first kappa shape index (κ1) is 17.3. The lowest BCUT2D eigenvalue weighted by molar-refractivity contribution is 0.103. The van der Waals surface area contributed by atoms with Crippen LogP contribution in [0.5, 0.6) is 0 Å². The number of hydrogen-bond acceptors (Lipinski definition) is 5. The average molecular weight is 400 g/mol. The molecule has 0 aliphatic heterocycles. The van der Waals surface area contributed by atoms with Gasteiger partial charge in [0.1, 0.15) is 4.83 Å². The number of nitrogens with one attached hydrogen (secondary N) is 1. The van der Waals surface area contributed by atoms with Crippen molar-refractivity contribution in [2.45, 2.75) is 6.92 Å². The van der Waals surface area contributed by atoms with E-state index >= 15 is 0 Å². The zero-order valence-corrected chi connectivity index (χ0v) is 16.3. The molecular weight excluding hydrogens is 384 g/mol. The van der Waals surface area contributed by atoms with Gasteiger partial charge in [-0.3, -0.25) is 4.79 Å². The predicted molar refractivity (Wildman–Crippen MR) is 113 cm³/mol. The van der Waals surface area contributed by atoms with Crippen molar-refractivity contribution in [1.29, 1.82) is 0 Å². The molecule has 1 N–H and O–H groups in total. The van der Waals surface area contributed by atoms with Crippen LogP contribution in [0.2, 0.25) is 0 Å². The summed E-state index contributed by atoms with van der Waals surface area (Å²) in [7, 11) is 0. The number of aromatic nitrogens is 5. The zero-order chi connectivity index (χ0) is 19.8. The van der Waals surface area contributed by atoms with E-state index in [4.69, 9.17) is 0 Å². The van der Waals surface area contributed by atoms with Gasteiger partial charge in [-0.25, -0.2) is 9.36 Å². The third-order valence-electron chi connectivity index (χ3n) is 4.59. The lowest BCUT2D eigenvalue weighted by atomic mass is 10.2. The molecule has 1 amide bonds. The predicted octanol–water partition coefficient (Wildman–Crippen LogP) is 4.23. The number of aryl methyl sites for hydroxylation is 1. The second kappa shape index (κ2) is 6.99. The topological polar surface area (TPSA) is 77.6 Å². The molecule has 3 aromatic heterocycles. The van der Waals surface area contributed by atoms with Crippen molar-refractivity contribution in [3.63, 3.8) is 0 Å². The van der Waals surface area contributed by atoms with Crippen LogP contribution in [-0.4, -0.2) is 30.7 Å². The highest BCUT2D eigenvalue weighted by Crippen LogP contribution is 2.31. The summed E-state index contributed by atoms with van der Waals surface area (Å²) in [4.78, 5) is 14.6. The summed E-state index contributed by atoms with van der Waals surface area (Å²) >= 11 is 1.42. The van der Waals surface area contributed by atoms with E-state index < -0.39 is 0 Å². The first-order valence-corrected chi connectivity index (χ1v) is 9.84. The molecule has 3 heterocycles. The Morgan fingerprint density at radius 1 is 1.07 bits per heavy atom. The summed E-state index contributed by atoms with van der Waals surface area (Å²) < 4.78 is 3.51. The lowest BCUT2D eigenvalue weighted by Crippen LogP contribution is -2.12. The number of hydrogen-bond donors (Lipinski definition) is 1. The van der Waals surface area contributed by atoms with Gasteiger partial charge in [0.25, 0.3) is 5.91 Å². The minimum Gasteiger partial charge on any atom is -0.319 e. The molecule has 7 nitrogen and oxygen atoms in total. The van der Waals surface area contributed by atoms with Crippen LogP contribution in [-0.2, 0) is 0 Å². The number of para-hydroxylation sites is 3. The van der Waals surface area contributed by atoms with E-state index in [0.717, 1.165) is 27.3 Å². The van der Waals surface area contributed by atoms with Crippen molar-refractivity contribution >= 4 is 33.1 Å². The van der Waals surface area contributed by atoms with Gasteiger partial charge in [-0.1, -0.05) is 35.5 Å². The molecule has 0 spiro atoms. The molecular formula is C21H16N6OS. The molecule has 0 fully saturated rings. The Morgan fingerprint density at radius 3 is 2.66 bits per heavy atom. The third kappa shape index (κ3) is 3.09. The van der Waals surface area contributed by atoms with E-state index in [1.165, 1.54) is 11.3 Å². The van der Waals surface area contributed by atoms with Gasteiger partial charge in [-0.15, -0.1) is 16.4 Å². The van der Waals surface area contributed by atoms with Crippen molar-refractivity contribution in [2.75, 3.05) is 5.32 Å². The fourth-order valence-corrected chi connectivity index (χ4v) is 4.28. The molecule has 0 saturated heterocycles. The largest absolute Gasteiger partial charge is 0.319 e. The quantitative estimate of drug-likeness (QED) is 0.490. The van der Waals surface area contributed by atoms with E-state index in [1.54, 1.807) is 17.1 Å². The van der Waals surface area contributed by atoms with E-state index in [0.29, 0.717) is 10.6 Å². The van der Waals surface area contributed by atoms with Crippen LogP contribution in [0.25, 0.3) is 21.6 Å². The second-order valence-corrected chi connectivity index (χ2v) is 7.51. The number of thiophene rings is 1. The van der Waals surface area contributed by atoms with Crippen molar-refractivity contribution < 1.29 is 4.79 Å². The highest BCUT2D eigenvalue weighted by molar-refractivity contribution is 7.20. The Labute approximate surface area is 170 Å². The molecule has 0 radical (unpaired) electrons. The van der Waals surface area contributed by atoms with Gasteiger partial charge in [-0.05, 0) is 37.3 Å². The molecule has 0 bridgehead atoms. The molecule has 5 aromatic rings. The lowest BCUT2D eigenvalue weighted by Gasteiger charge is -2.09. The van der Waals surface area contributed by atoms with Crippen molar-refractivity contribution in [1.82, 2.24) is 24.8 Å². The maximum absolute atomic E-state index is 13.0. The van der Waals surface area contributed by atoms with Crippen molar-refractivity contribution in [2.24, 2.45) is 0 Å². The van der Waals surface area contributed by atoms with Gasteiger partial charge in [0.15, 0.2) is 0 Å². The SMILES string of the molecule is Cc1nn(-c2ccccc2)c2sc(C(=O)Nc3ccccc3-n3ccnn3)cc12. The molecule has 29 heavy (non-hydrogen) atoms. The fraction of sp³-hybridized carbons (Fsp3) is 0.0476. The minimum absolute atomic E-state index is 0.169. The van der Waals surface area contributed by atoms with Crippen LogP contribution in [0.1, 0.15) is 15.4 Å². The van der Waals surface area contributed by atoms with E-state index in [1.807, 2.05) is 72.3 Å². The average Bonchev–Trinajstić information content (AvgIpc) is 3.48. The Morgan fingerprint density at radius 2 is 1.86 bits per heavy atom. The smallest absolute Gasteiger partial charge is 0.265 e. The number of benzene rings is 2. The summed E-state index contributed by atoms with van der Waals surface area (Å²) in [6.45, 7) is 1.95. The Kier molecular flexibility index (Phi) is 4.18. The zero-order valence-electron chi connectivity index (χ0n) is 15.5. The van der Waals surface area contributed by atoms with Crippen LogP contribution in [0.3, 0.4) is 0 Å². The number of anilines is 1. The van der Waals surface area contributed by atoms with E-state index in [-0.39, 0.29) is 5.91 Å². The minimum atomic E-state index is -0.169. The number of fused-ring (bicyclic) bond motifs is 1. The molecule has 8 heteroatoms. The summed E-state index contributed by atoms with van der Waals surface area (Å²) in [6, 6.07) is 19.3. The molecule has 5 rings (SSSR count). The van der Waals surface area contributed by atoms with Crippen LogP contribution < -0.4 is 5.32 Å².